The van der Waals surface area contributed by atoms with Gasteiger partial charge < -0.3 is 10.2 Å². The Balaban J connectivity index is 1.81. The summed E-state index contributed by atoms with van der Waals surface area (Å²) in [5, 5.41) is 10.4. The zero-order chi connectivity index (χ0) is 14.3. The van der Waals surface area contributed by atoms with Crippen LogP contribution in [0.15, 0.2) is 5.38 Å². The number of amides is 2. The van der Waals surface area contributed by atoms with Crippen molar-refractivity contribution in [3.05, 3.63) is 10.9 Å². The van der Waals surface area contributed by atoms with E-state index in [0.717, 1.165) is 22.9 Å². The molecule has 20 heavy (non-hydrogen) atoms. The lowest BCUT2D eigenvalue weighted by atomic mass is 9.90. The minimum Gasteiger partial charge on any atom is -0.403 e. The fraction of sp³-hybridized carbons (Fsp3) is 0.538. The second-order valence-corrected chi connectivity index (χ2v) is 6.10. The zero-order valence-electron chi connectivity index (χ0n) is 11.5. The number of imide groups is 1. The minimum atomic E-state index is -0.798. The van der Waals surface area contributed by atoms with E-state index in [2.05, 4.69) is 10.6 Å². The van der Waals surface area contributed by atoms with E-state index >= 15 is 0 Å². The Morgan fingerprint density at radius 2 is 2.35 bits per heavy atom. The lowest BCUT2D eigenvalue weighted by Crippen LogP contribution is -2.60. The second-order valence-electron chi connectivity index (χ2n) is 5.22. The lowest BCUT2D eigenvalue weighted by molar-refractivity contribution is -0.169. The summed E-state index contributed by atoms with van der Waals surface area (Å²) in [7, 11) is 0. The van der Waals surface area contributed by atoms with Gasteiger partial charge in [-0.3, -0.25) is 14.9 Å². The van der Waals surface area contributed by atoms with Crippen molar-refractivity contribution in [2.45, 2.75) is 38.8 Å². The Kier molecular flexibility index (Phi) is 3.18. The predicted octanol–water partition coefficient (Wildman–Crippen LogP) is 1.48. The molecule has 3 rings (SSSR count). The molecule has 0 radical (unpaired) electrons. The van der Waals surface area contributed by atoms with Crippen molar-refractivity contribution >= 4 is 28.2 Å². The molecule has 7 heteroatoms. The van der Waals surface area contributed by atoms with Gasteiger partial charge in [0.15, 0.2) is 5.75 Å². The SMILES string of the molecule is CCNc1scc2c1CN([C@]1(C)CCC(=O)NC1=O)O2. The van der Waals surface area contributed by atoms with Crippen LogP contribution in [0.3, 0.4) is 0 Å². The number of rotatable bonds is 3. The van der Waals surface area contributed by atoms with Crippen LogP contribution in [0.5, 0.6) is 5.75 Å². The Hall–Kier alpha value is -1.60. The maximum absolute atomic E-state index is 12.1. The summed E-state index contributed by atoms with van der Waals surface area (Å²) in [4.78, 5) is 29.2. The smallest absolute Gasteiger partial charge is 0.250 e. The first-order valence-electron chi connectivity index (χ1n) is 6.68. The van der Waals surface area contributed by atoms with Crippen molar-refractivity contribution in [3.63, 3.8) is 0 Å². The van der Waals surface area contributed by atoms with Crippen LogP contribution in [0.4, 0.5) is 5.00 Å². The Bertz CT molecular complexity index is 571. The molecule has 2 aliphatic heterocycles. The number of carbonyl (C=O) groups is 2. The van der Waals surface area contributed by atoms with Gasteiger partial charge >= 0.3 is 0 Å². The molecule has 2 amide bonds. The van der Waals surface area contributed by atoms with Crippen molar-refractivity contribution in [2.75, 3.05) is 11.9 Å². The van der Waals surface area contributed by atoms with E-state index in [1.54, 1.807) is 16.4 Å². The van der Waals surface area contributed by atoms with Crippen molar-refractivity contribution < 1.29 is 14.4 Å². The average Bonchev–Trinajstić information content (AvgIpc) is 2.97. The van der Waals surface area contributed by atoms with Crippen LogP contribution in [0.25, 0.3) is 0 Å². The summed E-state index contributed by atoms with van der Waals surface area (Å²) in [5.74, 6) is 0.304. The van der Waals surface area contributed by atoms with E-state index in [9.17, 15) is 9.59 Å². The Labute approximate surface area is 121 Å². The maximum atomic E-state index is 12.1. The van der Waals surface area contributed by atoms with E-state index in [0.29, 0.717) is 19.4 Å². The van der Waals surface area contributed by atoms with Crippen molar-refractivity contribution in [1.29, 1.82) is 0 Å². The van der Waals surface area contributed by atoms with E-state index < -0.39 is 5.54 Å². The molecule has 1 fully saturated rings. The van der Waals surface area contributed by atoms with Crippen LogP contribution < -0.4 is 15.5 Å². The number of nitrogens with zero attached hydrogens (tertiary/aromatic N) is 1. The molecule has 0 saturated carbocycles. The molecule has 1 saturated heterocycles. The van der Waals surface area contributed by atoms with Gasteiger partial charge in [-0.1, -0.05) is 0 Å². The van der Waals surface area contributed by atoms with Gasteiger partial charge in [-0.25, -0.2) is 0 Å². The van der Waals surface area contributed by atoms with E-state index in [4.69, 9.17) is 4.84 Å². The summed E-state index contributed by atoms with van der Waals surface area (Å²) in [6.45, 7) is 5.26. The molecule has 2 aliphatic rings. The van der Waals surface area contributed by atoms with Gasteiger partial charge in [0.25, 0.3) is 0 Å². The first kappa shape index (κ1) is 13.4. The third-order valence-corrected chi connectivity index (χ3v) is 4.79. The molecular weight excluding hydrogens is 278 g/mol. The number of piperidine rings is 1. The number of hydroxylamine groups is 2. The van der Waals surface area contributed by atoms with Gasteiger partial charge in [-0.2, -0.15) is 0 Å². The zero-order valence-corrected chi connectivity index (χ0v) is 12.3. The summed E-state index contributed by atoms with van der Waals surface area (Å²) in [5.41, 5.74) is 0.288. The fourth-order valence-corrected chi connectivity index (χ4v) is 3.45. The predicted molar refractivity (Wildman–Crippen MR) is 75.4 cm³/mol. The highest BCUT2D eigenvalue weighted by atomic mass is 32.1. The highest BCUT2D eigenvalue weighted by Crippen LogP contribution is 2.43. The summed E-state index contributed by atoms with van der Waals surface area (Å²) in [6, 6.07) is 0. The molecule has 0 bridgehead atoms. The standard InChI is InChI=1S/C13H17N3O3S/c1-3-14-11-8-6-16(19-9(8)7-20-11)13(2)5-4-10(17)15-12(13)18/h7,14H,3-6H2,1-2H3,(H,15,17,18)/t13-/m1/s1. The lowest BCUT2D eigenvalue weighted by Gasteiger charge is -2.37. The molecule has 6 nitrogen and oxygen atoms in total. The molecule has 0 unspecified atom stereocenters. The number of hydrogen-bond acceptors (Lipinski definition) is 6. The van der Waals surface area contributed by atoms with Crippen molar-refractivity contribution in [1.82, 2.24) is 10.4 Å². The maximum Gasteiger partial charge on any atom is 0.250 e. The first-order valence-corrected chi connectivity index (χ1v) is 7.56. The molecule has 3 heterocycles. The average molecular weight is 295 g/mol. The highest BCUT2D eigenvalue weighted by molar-refractivity contribution is 7.14. The monoisotopic (exact) mass is 295 g/mol. The molecule has 0 aromatic carbocycles. The molecule has 0 aliphatic carbocycles. The normalized spacial score (nSPS) is 26.1. The topological polar surface area (TPSA) is 70.7 Å². The third kappa shape index (κ3) is 1.97. The van der Waals surface area contributed by atoms with Gasteiger partial charge in [0.1, 0.15) is 5.54 Å². The van der Waals surface area contributed by atoms with Gasteiger partial charge in [-0.05, 0) is 20.3 Å². The van der Waals surface area contributed by atoms with Crippen LogP contribution in [0, 0.1) is 0 Å². The van der Waals surface area contributed by atoms with Crippen LogP contribution in [0.1, 0.15) is 32.3 Å². The highest BCUT2D eigenvalue weighted by Gasteiger charge is 2.48. The second kappa shape index (κ2) is 4.75. The summed E-state index contributed by atoms with van der Waals surface area (Å²) < 4.78 is 0. The quantitative estimate of drug-likeness (QED) is 0.827. The molecule has 108 valence electrons. The number of fused-ring (bicyclic) bond motifs is 1. The first-order chi connectivity index (χ1) is 9.54. The molecule has 1 aromatic heterocycles. The van der Waals surface area contributed by atoms with Gasteiger partial charge in [0, 0.05) is 23.9 Å². The minimum absolute atomic E-state index is 0.214. The number of carbonyl (C=O) groups excluding carboxylic acids is 2. The van der Waals surface area contributed by atoms with E-state index in [1.165, 1.54) is 0 Å². The largest absolute Gasteiger partial charge is 0.403 e. The number of thiophene rings is 1. The van der Waals surface area contributed by atoms with Gasteiger partial charge in [0.05, 0.1) is 11.5 Å². The van der Waals surface area contributed by atoms with Gasteiger partial charge in [-0.15, -0.1) is 16.4 Å². The van der Waals surface area contributed by atoms with Gasteiger partial charge in [0.2, 0.25) is 11.8 Å². The van der Waals surface area contributed by atoms with Crippen LogP contribution >= 0.6 is 11.3 Å². The number of hydrogen-bond donors (Lipinski definition) is 2. The molecule has 2 N–H and O–H groups in total. The number of anilines is 1. The molecular formula is C13H17N3O3S. The van der Waals surface area contributed by atoms with Crippen LogP contribution in [0.2, 0.25) is 0 Å². The Morgan fingerprint density at radius 3 is 3.05 bits per heavy atom. The third-order valence-electron chi connectivity index (χ3n) is 3.83. The van der Waals surface area contributed by atoms with E-state index in [-0.39, 0.29) is 11.8 Å². The van der Waals surface area contributed by atoms with Crippen LogP contribution in [-0.4, -0.2) is 29.0 Å². The summed E-state index contributed by atoms with van der Waals surface area (Å²) >= 11 is 1.61. The van der Waals surface area contributed by atoms with E-state index in [1.807, 2.05) is 19.2 Å². The van der Waals surface area contributed by atoms with Crippen molar-refractivity contribution in [2.24, 2.45) is 0 Å². The molecule has 1 atom stereocenters. The number of nitrogens with one attached hydrogen (secondary N) is 2. The van der Waals surface area contributed by atoms with Crippen LogP contribution in [-0.2, 0) is 16.1 Å². The van der Waals surface area contributed by atoms with Crippen molar-refractivity contribution in [3.8, 4) is 5.75 Å². The Morgan fingerprint density at radius 1 is 1.55 bits per heavy atom. The molecule has 0 spiro atoms. The summed E-state index contributed by atoms with van der Waals surface area (Å²) in [6.07, 6.45) is 0.816. The molecule has 1 aromatic rings. The fourth-order valence-electron chi connectivity index (χ4n) is 2.50.